The van der Waals surface area contributed by atoms with Crippen LogP contribution in [-0.2, 0) is 0 Å². The number of hydrogen-bond acceptors (Lipinski definition) is 5. The van der Waals surface area contributed by atoms with Crippen LogP contribution in [0.1, 0.15) is 0 Å². The largest absolute Gasteiger partial charge is 0.277 e. The molecule has 84 valence electrons. The first kappa shape index (κ1) is 10.9. The first-order chi connectivity index (χ1) is 8.33. The van der Waals surface area contributed by atoms with Crippen molar-refractivity contribution in [3.8, 4) is 0 Å². The summed E-state index contributed by atoms with van der Waals surface area (Å²) in [5.74, 6) is 0. The van der Waals surface area contributed by atoms with Gasteiger partial charge in [0, 0.05) is 22.2 Å². The molecule has 3 heterocycles. The summed E-state index contributed by atoms with van der Waals surface area (Å²) in [7, 11) is 0. The Balaban J connectivity index is 1.97. The predicted molar refractivity (Wildman–Crippen MR) is 71.9 cm³/mol. The molecule has 17 heavy (non-hydrogen) atoms. The summed E-state index contributed by atoms with van der Waals surface area (Å²) in [6.45, 7) is 0. The van der Waals surface area contributed by atoms with Crippen molar-refractivity contribution in [2.24, 2.45) is 0 Å². The minimum atomic E-state index is 0.670. The van der Waals surface area contributed by atoms with E-state index >= 15 is 0 Å². The molecule has 0 aromatic carbocycles. The highest BCUT2D eigenvalue weighted by Gasteiger charge is 2.08. The zero-order chi connectivity index (χ0) is 11.7. The fourth-order valence-corrected chi connectivity index (χ4v) is 2.31. The molecule has 3 rings (SSSR count). The van der Waals surface area contributed by atoms with E-state index in [1.54, 1.807) is 12.4 Å². The van der Waals surface area contributed by atoms with E-state index in [1.165, 1.54) is 11.8 Å². The third-order valence-electron chi connectivity index (χ3n) is 2.06. The SMILES string of the molecule is Ic1cnc(Sc2nnc3ccccn23)nc1. The van der Waals surface area contributed by atoms with Crippen LogP contribution in [0, 0.1) is 3.57 Å². The van der Waals surface area contributed by atoms with E-state index in [-0.39, 0.29) is 0 Å². The molecule has 0 aliphatic carbocycles. The molecule has 0 saturated heterocycles. The average molecular weight is 355 g/mol. The van der Waals surface area contributed by atoms with Crippen molar-refractivity contribution in [3.05, 3.63) is 40.4 Å². The summed E-state index contributed by atoms with van der Waals surface area (Å²) >= 11 is 3.57. The second-order valence-electron chi connectivity index (χ2n) is 3.20. The quantitative estimate of drug-likeness (QED) is 0.522. The Hall–Kier alpha value is -1.22. The van der Waals surface area contributed by atoms with E-state index in [2.05, 4.69) is 42.8 Å². The molecule has 5 nitrogen and oxygen atoms in total. The number of halogens is 1. The molecule has 0 amide bonds. The standard InChI is InChI=1S/C10H6IN5S/c11-7-5-12-9(13-6-7)17-10-15-14-8-3-1-2-4-16(8)10/h1-6H. The summed E-state index contributed by atoms with van der Waals surface area (Å²) in [4.78, 5) is 8.45. The van der Waals surface area contributed by atoms with Crippen LogP contribution in [0.5, 0.6) is 0 Å². The van der Waals surface area contributed by atoms with Crippen molar-refractivity contribution in [3.63, 3.8) is 0 Å². The molecule has 0 fully saturated rings. The van der Waals surface area contributed by atoms with Gasteiger partial charge in [-0.25, -0.2) is 9.97 Å². The number of nitrogens with zero attached hydrogens (tertiary/aromatic N) is 5. The van der Waals surface area contributed by atoms with E-state index in [0.717, 1.165) is 14.4 Å². The van der Waals surface area contributed by atoms with Gasteiger partial charge in [-0.05, 0) is 46.5 Å². The summed E-state index contributed by atoms with van der Waals surface area (Å²) in [6.07, 6.45) is 5.47. The van der Waals surface area contributed by atoms with Gasteiger partial charge >= 0.3 is 0 Å². The highest BCUT2D eigenvalue weighted by molar-refractivity contribution is 14.1. The Morgan fingerprint density at radius 2 is 1.94 bits per heavy atom. The third kappa shape index (κ3) is 2.25. The summed E-state index contributed by atoms with van der Waals surface area (Å²) < 4.78 is 2.92. The maximum atomic E-state index is 4.22. The van der Waals surface area contributed by atoms with Gasteiger partial charge in [0.2, 0.25) is 5.16 Å². The van der Waals surface area contributed by atoms with Crippen LogP contribution >= 0.6 is 34.4 Å². The lowest BCUT2D eigenvalue weighted by molar-refractivity contribution is 0.897. The van der Waals surface area contributed by atoms with Gasteiger partial charge in [0.25, 0.3) is 0 Å². The fraction of sp³-hybridized carbons (Fsp3) is 0. The molecule has 3 aromatic heterocycles. The Morgan fingerprint density at radius 1 is 1.12 bits per heavy atom. The van der Waals surface area contributed by atoms with Crippen LogP contribution in [0.3, 0.4) is 0 Å². The molecule has 3 aromatic rings. The number of rotatable bonds is 2. The molecular formula is C10H6IN5S. The van der Waals surface area contributed by atoms with Crippen LogP contribution < -0.4 is 0 Å². The van der Waals surface area contributed by atoms with Gasteiger partial charge in [-0.2, -0.15) is 0 Å². The Morgan fingerprint density at radius 3 is 2.76 bits per heavy atom. The summed E-state index contributed by atoms with van der Waals surface area (Å²) in [5, 5.41) is 9.61. The lowest BCUT2D eigenvalue weighted by Gasteiger charge is -1.98. The Bertz CT molecular complexity index is 651. The molecule has 0 spiro atoms. The second kappa shape index (κ2) is 4.57. The normalized spacial score (nSPS) is 10.9. The zero-order valence-corrected chi connectivity index (χ0v) is 11.5. The number of hydrogen-bond donors (Lipinski definition) is 0. The Labute approximate surface area is 115 Å². The highest BCUT2D eigenvalue weighted by atomic mass is 127. The molecule has 0 aliphatic heterocycles. The summed E-state index contributed by atoms with van der Waals surface area (Å²) in [6, 6.07) is 5.78. The van der Waals surface area contributed by atoms with E-state index in [9.17, 15) is 0 Å². The topological polar surface area (TPSA) is 56.0 Å². The average Bonchev–Trinajstić information content (AvgIpc) is 2.76. The monoisotopic (exact) mass is 355 g/mol. The van der Waals surface area contributed by atoms with Gasteiger partial charge in [-0.1, -0.05) is 6.07 Å². The molecule has 0 radical (unpaired) electrons. The van der Waals surface area contributed by atoms with Crippen LogP contribution in [0.25, 0.3) is 5.65 Å². The Kier molecular flexibility index (Phi) is 2.93. The highest BCUT2D eigenvalue weighted by Crippen LogP contribution is 2.22. The molecule has 0 bridgehead atoms. The lowest BCUT2D eigenvalue weighted by Crippen LogP contribution is -1.90. The molecule has 0 aliphatic rings. The van der Waals surface area contributed by atoms with E-state index in [0.29, 0.717) is 5.16 Å². The second-order valence-corrected chi connectivity index (χ2v) is 5.38. The maximum Gasteiger partial charge on any atom is 0.203 e. The van der Waals surface area contributed by atoms with E-state index < -0.39 is 0 Å². The number of pyridine rings is 1. The maximum absolute atomic E-state index is 4.22. The molecule has 0 saturated carbocycles. The molecule has 0 N–H and O–H groups in total. The zero-order valence-electron chi connectivity index (χ0n) is 8.49. The van der Waals surface area contributed by atoms with E-state index in [1.807, 2.05) is 28.8 Å². The van der Waals surface area contributed by atoms with Gasteiger partial charge in [0.05, 0.1) is 0 Å². The predicted octanol–water partition coefficient (Wildman–Crippen LogP) is 2.28. The molecular weight excluding hydrogens is 349 g/mol. The van der Waals surface area contributed by atoms with Crippen LogP contribution in [0.2, 0.25) is 0 Å². The van der Waals surface area contributed by atoms with Crippen molar-refractivity contribution < 1.29 is 0 Å². The van der Waals surface area contributed by atoms with Crippen molar-refractivity contribution >= 4 is 40.0 Å². The van der Waals surface area contributed by atoms with Gasteiger partial charge in [0.15, 0.2) is 10.8 Å². The molecule has 0 unspecified atom stereocenters. The van der Waals surface area contributed by atoms with E-state index in [4.69, 9.17) is 0 Å². The first-order valence-electron chi connectivity index (χ1n) is 4.78. The van der Waals surface area contributed by atoms with Crippen LogP contribution in [0.15, 0.2) is 47.1 Å². The van der Waals surface area contributed by atoms with Crippen molar-refractivity contribution in [1.82, 2.24) is 24.6 Å². The minimum Gasteiger partial charge on any atom is -0.277 e. The summed E-state index contributed by atoms with van der Waals surface area (Å²) in [5.41, 5.74) is 0.820. The van der Waals surface area contributed by atoms with Crippen molar-refractivity contribution in [1.29, 1.82) is 0 Å². The smallest absolute Gasteiger partial charge is 0.203 e. The van der Waals surface area contributed by atoms with Gasteiger partial charge in [-0.3, -0.25) is 4.40 Å². The minimum absolute atomic E-state index is 0.670. The van der Waals surface area contributed by atoms with Gasteiger partial charge in [-0.15, -0.1) is 10.2 Å². The fourth-order valence-electron chi connectivity index (χ4n) is 1.32. The lowest BCUT2D eigenvalue weighted by atomic mass is 10.5. The number of aromatic nitrogens is 5. The first-order valence-corrected chi connectivity index (χ1v) is 6.67. The van der Waals surface area contributed by atoms with Crippen LogP contribution in [0.4, 0.5) is 0 Å². The third-order valence-corrected chi connectivity index (χ3v) is 3.47. The van der Waals surface area contributed by atoms with Gasteiger partial charge < -0.3 is 0 Å². The van der Waals surface area contributed by atoms with Crippen molar-refractivity contribution in [2.75, 3.05) is 0 Å². The van der Waals surface area contributed by atoms with Crippen molar-refractivity contribution in [2.45, 2.75) is 10.3 Å². The van der Waals surface area contributed by atoms with Gasteiger partial charge in [0.1, 0.15) is 0 Å². The van der Waals surface area contributed by atoms with Crippen LogP contribution in [-0.4, -0.2) is 24.6 Å². The molecule has 7 heteroatoms. The molecule has 0 atom stereocenters. The number of fused-ring (bicyclic) bond motifs is 1.